The third kappa shape index (κ3) is 6.70. The van der Waals surface area contributed by atoms with E-state index in [0.29, 0.717) is 0 Å². The average Bonchev–Trinajstić information content (AvgIpc) is 3.01. The molecule has 0 unspecified atom stereocenters. The number of halogens is 2. The van der Waals surface area contributed by atoms with Gasteiger partial charge in [-0.25, -0.2) is 13.8 Å². The van der Waals surface area contributed by atoms with Crippen LogP contribution in [0.1, 0.15) is 27.0 Å². The first-order chi connectivity index (χ1) is 17.2. The molecule has 1 fully saturated rings. The number of aromatic amines is 1. The first-order valence-corrected chi connectivity index (χ1v) is 13.1. The van der Waals surface area contributed by atoms with Crippen molar-refractivity contribution in [3.8, 4) is 5.75 Å². The van der Waals surface area contributed by atoms with Gasteiger partial charge in [0, 0.05) is 18.3 Å². The molecule has 1 aliphatic heterocycles. The van der Waals surface area contributed by atoms with Gasteiger partial charge in [0.2, 0.25) is 0 Å². The van der Waals surface area contributed by atoms with Gasteiger partial charge in [-0.2, -0.15) is 5.09 Å². The van der Waals surface area contributed by atoms with Gasteiger partial charge in [0.15, 0.2) is 6.23 Å². The Hall–Kier alpha value is -2.48. The molecule has 5 atom stereocenters. The molecule has 3 N–H and O–H groups in total. The zero-order chi connectivity index (χ0) is 27.6. The maximum absolute atomic E-state index is 13.7. The second-order valence-electron chi connectivity index (χ2n) is 8.94. The molecule has 1 aromatic heterocycles. The number of esters is 1. The summed E-state index contributed by atoms with van der Waals surface area (Å²) in [5, 5.41) is 13.3. The lowest BCUT2D eigenvalue weighted by molar-refractivity contribution is -0.149. The van der Waals surface area contributed by atoms with Gasteiger partial charge < -0.3 is 19.1 Å². The number of H-pyrrole nitrogens is 1. The molecule has 1 aliphatic rings. The smallest absolute Gasteiger partial charge is 0.459 e. The van der Waals surface area contributed by atoms with Crippen molar-refractivity contribution < 1.29 is 37.4 Å². The van der Waals surface area contributed by atoms with Crippen molar-refractivity contribution in [1.82, 2.24) is 14.6 Å². The van der Waals surface area contributed by atoms with Crippen LogP contribution in [0.5, 0.6) is 5.75 Å². The fourth-order valence-electron chi connectivity index (χ4n) is 3.58. The van der Waals surface area contributed by atoms with E-state index in [9.17, 15) is 28.4 Å². The largest absolute Gasteiger partial charge is 0.465 e. The Labute approximate surface area is 217 Å². The van der Waals surface area contributed by atoms with Gasteiger partial charge in [0.1, 0.15) is 31.1 Å². The van der Waals surface area contributed by atoms with Gasteiger partial charge >= 0.3 is 19.4 Å². The minimum absolute atomic E-state index is 0.0573. The molecule has 3 rings (SSSR count). The number of hydrogen-bond donors (Lipinski definition) is 3. The number of aromatic nitrogens is 2. The number of ether oxygens (including phenoxy) is 2. The standard InChI is InChI=1S/C21H27BClFN3O9P/c1-4-33-18(30)20(2,3)26-37(32,36-13-7-5-6-12(24)10-13)34-11-14-16(29)21(22,23)17(35-14)27-9-8-15(28)25-19(27)31/h5-10,14,16-17,29H,4,11,22H2,1-3H3,(H,26,32)(H,25,28,31)/t14-,16-,17-,21+,37-/m1/s1. The first kappa shape index (κ1) is 29.1. The average molecular weight is 562 g/mol. The highest BCUT2D eigenvalue weighted by atomic mass is 35.5. The molecule has 202 valence electrons. The number of aliphatic hydroxyl groups excluding tert-OH is 1. The van der Waals surface area contributed by atoms with E-state index in [1.165, 1.54) is 33.8 Å². The number of nitrogens with one attached hydrogen (secondary N) is 2. The van der Waals surface area contributed by atoms with E-state index >= 15 is 0 Å². The van der Waals surface area contributed by atoms with E-state index in [1.807, 2.05) is 0 Å². The predicted octanol–water partition coefficient (Wildman–Crippen LogP) is 0.637. The molecule has 2 aromatic rings. The fraction of sp³-hybridized carbons (Fsp3) is 0.476. The summed E-state index contributed by atoms with van der Waals surface area (Å²) in [5.74, 6) is -1.59. The second kappa shape index (κ2) is 11.1. The van der Waals surface area contributed by atoms with Gasteiger partial charge in [0.25, 0.3) is 5.56 Å². The number of benzene rings is 1. The number of hydrogen-bond acceptors (Lipinski definition) is 9. The Bertz CT molecular complexity index is 1300. The molecule has 0 saturated carbocycles. The Balaban J connectivity index is 1.86. The highest BCUT2D eigenvalue weighted by Gasteiger charge is 2.54. The molecule has 0 radical (unpaired) electrons. The first-order valence-electron chi connectivity index (χ1n) is 11.2. The van der Waals surface area contributed by atoms with E-state index in [4.69, 9.17) is 30.1 Å². The molecule has 1 aromatic carbocycles. The fourth-order valence-corrected chi connectivity index (χ4v) is 5.55. The maximum atomic E-state index is 13.7. The summed E-state index contributed by atoms with van der Waals surface area (Å²) >= 11 is 6.50. The summed E-state index contributed by atoms with van der Waals surface area (Å²) < 4.78 is 48.6. The molecule has 0 amide bonds. The summed E-state index contributed by atoms with van der Waals surface area (Å²) in [4.78, 5) is 38.1. The zero-order valence-electron chi connectivity index (χ0n) is 20.5. The van der Waals surface area contributed by atoms with Crippen LogP contribution in [0, 0.1) is 5.82 Å². The van der Waals surface area contributed by atoms with Crippen molar-refractivity contribution in [3.05, 3.63) is 63.2 Å². The number of rotatable bonds is 10. The number of alkyl halides is 1. The summed E-state index contributed by atoms with van der Waals surface area (Å²) in [6.45, 7) is 3.83. The lowest BCUT2D eigenvalue weighted by Crippen LogP contribution is -2.47. The molecule has 0 spiro atoms. The quantitative estimate of drug-likeness (QED) is 0.163. The van der Waals surface area contributed by atoms with Crippen LogP contribution in [-0.4, -0.2) is 64.2 Å². The summed E-state index contributed by atoms with van der Waals surface area (Å²) in [7, 11) is -3.05. The van der Waals surface area contributed by atoms with Crippen LogP contribution in [0.4, 0.5) is 4.39 Å². The molecule has 2 heterocycles. The zero-order valence-corrected chi connectivity index (χ0v) is 22.1. The molecule has 0 aliphatic carbocycles. The molecule has 0 bridgehead atoms. The van der Waals surface area contributed by atoms with Gasteiger partial charge in [-0.3, -0.25) is 23.7 Å². The normalized spacial score (nSPS) is 25.4. The molecular formula is C21H27BClFN3O9P. The Morgan fingerprint density at radius 3 is 2.73 bits per heavy atom. The van der Waals surface area contributed by atoms with Crippen LogP contribution in [0.25, 0.3) is 0 Å². The minimum Gasteiger partial charge on any atom is -0.465 e. The summed E-state index contributed by atoms with van der Waals surface area (Å²) in [6, 6.07) is 5.84. The van der Waals surface area contributed by atoms with Crippen LogP contribution in [-0.2, 0) is 23.4 Å². The molecule has 1 saturated heterocycles. The van der Waals surface area contributed by atoms with Crippen molar-refractivity contribution >= 4 is 33.2 Å². The highest BCUT2D eigenvalue weighted by Crippen LogP contribution is 2.48. The number of carbonyl (C=O) groups is 1. The van der Waals surface area contributed by atoms with Gasteiger partial charge in [-0.15, -0.1) is 11.6 Å². The van der Waals surface area contributed by atoms with Gasteiger partial charge in [0.05, 0.1) is 24.1 Å². The SMILES string of the molecule is B[C@]1(Cl)[C@H](O)[C@@H](CO[P@](=O)(NC(C)(C)C(=O)OCC)Oc2cccc(F)c2)O[C@H]1n1ccc(=O)[nH]c1=O. The molecule has 37 heavy (non-hydrogen) atoms. The van der Waals surface area contributed by atoms with Crippen molar-refractivity contribution in [2.75, 3.05) is 13.2 Å². The minimum atomic E-state index is -4.46. The van der Waals surface area contributed by atoms with Crippen LogP contribution >= 0.6 is 19.3 Å². The Kier molecular flexibility index (Phi) is 8.73. The maximum Gasteiger partial charge on any atom is 0.459 e. The number of carbonyl (C=O) groups excluding carboxylic acids is 1. The summed E-state index contributed by atoms with van der Waals surface area (Å²) in [6.07, 6.45) is -2.76. The summed E-state index contributed by atoms with van der Waals surface area (Å²) in [5.41, 5.74) is -3.03. The second-order valence-corrected chi connectivity index (χ2v) is 11.4. The monoisotopic (exact) mass is 561 g/mol. The third-order valence-electron chi connectivity index (χ3n) is 5.45. The number of nitrogens with zero attached hydrogens (tertiary/aromatic N) is 1. The Morgan fingerprint density at radius 1 is 1.41 bits per heavy atom. The van der Waals surface area contributed by atoms with Crippen molar-refractivity contribution in [3.63, 3.8) is 0 Å². The lowest BCUT2D eigenvalue weighted by atomic mass is 9.79. The molecule has 12 nitrogen and oxygen atoms in total. The Morgan fingerprint density at radius 2 is 2.11 bits per heavy atom. The van der Waals surface area contributed by atoms with Crippen molar-refractivity contribution in [2.45, 2.75) is 49.5 Å². The number of aliphatic hydroxyl groups is 1. The van der Waals surface area contributed by atoms with Crippen LogP contribution < -0.4 is 20.9 Å². The van der Waals surface area contributed by atoms with Crippen LogP contribution in [0.3, 0.4) is 0 Å². The van der Waals surface area contributed by atoms with Crippen molar-refractivity contribution in [1.29, 1.82) is 0 Å². The van der Waals surface area contributed by atoms with Crippen molar-refractivity contribution in [2.24, 2.45) is 0 Å². The lowest BCUT2D eigenvalue weighted by Gasteiger charge is -2.30. The van der Waals surface area contributed by atoms with Gasteiger partial charge in [-0.05, 0) is 32.9 Å². The predicted molar refractivity (Wildman–Crippen MR) is 133 cm³/mol. The van der Waals surface area contributed by atoms with Gasteiger partial charge in [-0.1, -0.05) is 6.07 Å². The topological polar surface area (TPSA) is 158 Å². The molecular weight excluding hydrogens is 534 g/mol. The van der Waals surface area contributed by atoms with E-state index in [2.05, 4.69) is 10.1 Å². The molecule has 16 heteroatoms. The van der Waals surface area contributed by atoms with E-state index in [-0.39, 0.29) is 12.4 Å². The van der Waals surface area contributed by atoms with Crippen LogP contribution in [0.15, 0.2) is 46.1 Å². The van der Waals surface area contributed by atoms with E-state index in [0.717, 1.165) is 29.0 Å². The van der Waals surface area contributed by atoms with E-state index in [1.54, 1.807) is 6.92 Å². The van der Waals surface area contributed by atoms with E-state index < -0.39 is 66.1 Å². The van der Waals surface area contributed by atoms with Crippen LogP contribution in [0.2, 0.25) is 0 Å². The third-order valence-corrected chi connectivity index (χ3v) is 7.64. The highest BCUT2D eigenvalue weighted by molar-refractivity contribution is 7.52.